The number of methoxy groups -OCH3 is 1. The number of likely N-dealkylation sites (tertiary alicyclic amines) is 1. The molecule has 1 fully saturated rings. The summed E-state index contributed by atoms with van der Waals surface area (Å²) in [4.78, 5) is 14.2. The fourth-order valence-corrected chi connectivity index (χ4v) is 2.68. The predicted octanol–water partition coefficient (Wildman–Crippen LogP) is 1.45. The number of primary amides is 1. The second-order valence-corrected chi connectivity index (χ2v) is 5.46. The quantitative estimate of drug-likeness (QED) is 0.874. The zero-order valence-corrected chi connectivity index (χ0v) is 12.2. The van der Waals surface area contributed by atoms with Crippen molar-refractivity contribution in [3.8, 4) is 5.75 Å². The molecule has 0 aromatic heterocycles. The van der Waals surface area contributed by atoms with E-state index in [2.05, 4.69) is 17.3 Å². The number of anilines is 1. The van der Waals surface area contributed by atoms with Crippen LogP contribution in [-0.4, -0.2) is 43.6 Å². The third kappa shape index (κ3) is 3.22. The van der Waals surface area contributed by atoms with E-state index in [9.17, 15) is 4.79 Å². The molecule has 110 valence electrons. The van der Waals surface area contributed by atoms with Gasteiger partial charge in [0.15, 0.2) is 0 Å². The second-order valence-electron chi connectivity index (χ2n) is 5.46. The highest BCUT2D eigenvalue weighted by atomic mass is 16.5. The van der Waals surface area contributed by atoms with Crippen molar-refractivity contribution in [2.45, 2.75) is 24.8 Å². The van der Waals surface area contributed by atoms with Gasteiger partial charge in [0.2, 0.25) is 5.91 Å². The maximum atomic E-state index is 12.0. The van der Waals surface area contributed by atoms with Crippen LogP contribution in [0.1, 0.15) is 19.3 Å². The van der Waals surface area contributed by atoms with E-state index >= 15 is 0 Å². The smallest absolute Gasteiger partial charge is 0.243 e. The van der Waals surface area contributed by atoms with Gasteiger partial charge in [-0.3, -0.25) is 4.79 Å². The van der Waals surface area contributed by atoms with Crippen molar-refractivity contribution in [3.63, 3.8) is 0 Å². The number of carbonyl (C=O) groups excluding carboxylic acids is 1. The molecule has 0 bridgehead atoms. The van der Waals surface area contributed by atoms with Gasteiger partial charge in [-0.05, 0) is 45.0 Å². The van der Waals surface area contributed by atoms with Crippen molar-refractivity contribution in [1.29, 1.82) is 0 Å². The average Bonchev–Trinajstić information content (AvgIpc) is 2.62. The molecule has 0 aliphatic carbocycles. The Hall–Kier alpha value is -1.75. The van der Waals surface area contributed by atoms with Crippen molar-refractivity contribution in [1.82, 2.24) is 4.90 Å². The lowest BCUT2D eigenvalue weighted by molar-refractivity contribution is -0.122. The predicted molar refractivity (Wildman–Crippen MR) is 79.9 cm³/mol. The maximum absolute atomic E-state index is 12.0. The van der Waals surface area contributed by atoms with E-state index in [0.29, 0.717) is 0 Å². The van der Waals surface area contributed by atoms with Gasteiger partial charge < -0.3 is 20.7 Å². The van der Waals surface area contributed by atoms with Gasteiger partial charge in [0.1, 0.15) is 11.3 Å². The Morgan fingerprint density at radius 1 is 1.40 bits per heavy atom. The van der Waals surface area contributed by atoms with Crippen molar-refractivity contribution < 1.29 is 9.53 Å². The fraction of sp³-hybridized carbons (Fsp3) is 0.533. The Kier molecular flexibility index (Phi) is 4.49. The Bertz CT molecular complexity index is 478. The second kappa shape index (κ2) is 6.13. The number of nitrogens with zero attached hydrogens (tertiary/aromatic N) is 1. The van der Waals surface area contributed by atoms with E-state index in [4.69, 9.17) is 10.5 Å². The molecule has 1 aliphatic heterocycles. The van der Waals surface area contributed by atoms with Crippen LogP contribution in [0.25, 0.3) is 0 Å². The average molecular weight is 277 g/mol. The molecule has 3 N–H and O–H groups in total. The molecule has 1 amide bonds. The number of hydrogen-bond acceptors (Lipinski definition) is 4. The lowest BCUT2D eigenvalue weighted by Crippen LogP contribution is -2.51. The first-order valence-electron chi connectivity index (χ1n) is 6.96. The fourth-order valence-electron chi connectivity index (χ4n) is 2.68. The summed E-state index contributed by atoms with van der Waals surface area (Å²) < 4.78 is 5.21. The minimum absolute atomic E-state index is 0.282. The van der Waals surface area contributed by atoms with Gasteiger partial charge in [-0.15, -0.1) is 0 Å². The van der Waals surface area contributed by atoms with Gasteiger partial charge in [-0.25, -0.2) is 0 Å². The van der Waals surface area contributed by atoms with Crippen LogP contribution < -0.4 is 15.8 Å². The molecule has 2 rings (SSSR count). The van der Waals surface area contributed by atoms with E-state index < -0.39 is 5.54 Å². The number of nitrogens with one attached hydrogen (secondary N) is 1. The molecule has 1 aromatic rings. The highest BCUT2D eigenvalue weighted by molar-refractivity contribution is 5.88. The topological polar surface area (TPSA) is 67.6 Å². The summed E-state index contributed by atoms with van der Waals surface area (Å²) in [6.07, 6.45) is 2.43. The van der Waals surface area contributed by atoms with Crippen LogP contribution in [0.4, 0.5) is 5.69 Å². The minimum Gasteiger partial charge on any atom is -0.497 e. The molecule has 1 atom stereocenters. The number of hydrogen-bond donors (Lipinski definition) is 2. The van der Waals surface area contributed by atoms with Crippen LogP contribution in [0.5, 0.6) is 5.75 Å². The molecule has 1 aliphatic rings. The summed E-state index contributed by atoms with van der Waals surface area (Å²) in [5, 5.41) is 3.35. The van der Waals surface area contributed by atoms with Gasteiger partial charge in [0.05, 0.1) is 7.11 Å². The summed E-state index contributed by atoms with van der Waals surface area (Å²) in [5.74, 6) is 0.482. The summed E-state index contributed by atoms with van der Waals surface area (Å²) in [7, 11) is 3.70. The van der Waals surface area contributed by atoms with E-state index in [-0.39, 0.29) is 5.91 Å². The lowest BCUT2D eigenvalue weighted by atomic mass is 9.89. The van der Waals surface area contributed by atoms with Crippen LogP contribution in [-0.2, 0) is 4.79 Å². The third-order valence-corrected chi connectivity index (χ3v) is 3.99. The van der Waals surface area contributed by atoms with Crippen LogP contribution in [0.2, 0.25) is 0 Å². The molecule has 20 heavy (non-hydrogen) atoms. The monoisotopic (exact) mass is 277 g/mol. The van der Waals surface area contributed by atoms with E-state index in [1.54, 1.807) is 7.11 Å². The molecule has 5 nitrogen and oxygen atoms in total. The third-order valence-electron chi connectivity index (χ3n) is 3.99. The van der Waals surface area contributed by atoms with E-state index in [1.165, 1.54) is 0 Å². The van der Waals surface area contributed by atoms with Crippen LogP contribution >= 0.6 is 0 Å². The van der Waals surface area contributed by atoms with Crippen molar-refractivity contribution in [2.24, 2.45) is 5.73 Å². The standard InChI is InChI=1S/C15H23N3O2/c1-18-9-4-7-15(8-10-18,14(16)19)17-12-5-3-6-13(11-12)20-2/h3,5-6,11,17H,4,7-10H2,1-2H3,(H2,16,19). The Morgan fingerprint density at radius 3 is 2.90 bits per heavy atom. The Labute approximate surface area is 120 Å². The number of rotatable bonds is 4. The minimum atomic E-state index is -0.670. The maximum Gasteiger partial charge on any atom is 0.243 e. The molecule has 1 aromatic carbocycles. The molecule has 5 heteroatoms. The van der Waals surface area contributed by atoms with Crippen molar-refractivity contribution in [3.05, 3.63) is 24.3 Å². The number of amides is 1. The number of ether oxygens (including phenoxy) is 1. The molecular weight excluding hydrogens is 254 g/mol. The SMILES string of the molecule is COc1cccc(NC2(C(N)=O)CCCN(C)CC2)c1. The van der Waals surface area contributed by atoms with Crippen LogP contribution in [0, 0.1) is 0 Å². The molecule has 0 radical (unpaired) electrons. The Balaban J connectivity index is 2.22. The molecular formula is C15H23N3O2. The number of nitrogens with two attached hydrogens (primary N) is 1. The first-order valence-corrected chi connectivity index (χ1v) is 6.96. The largest absolute Gasteiger partial charge is 0.497 e. The van der Waals surface area contributed by atoms with Gasteiger partial charge in [-0.2, -0.15) is 0 Å². The van der Waals surface area contributed by atoms with Gasteiger partial charge in [0, 0.05) is 18.3 Å². The normalized spacial score (nSPS) is 23.9. The molecule has 1 saturated heterocycles. The lowest BCUT2D eigenvalue weighted by Gasteiger charge is -2.31. The Morgan fingerprint density at radius 2 is 2.20 bits per heavy atom. The van der Waals surface area contributed by atoms with Crippen LogP contribution in [0.3, 0.4) is 0 Å². The first-order chi connectivity index (χ1) is 9.55. The highest BCUT2D eigenvalue weighted by Gasteiger charge is 2.37. The summed E-state index contributed by atoms with van der Waals surface area (Å²) in [6, 6.07) is 7.60. The first kappa shape index (κ1) is 14.7. The molecule has 1 heterocycles. The van der Waals surface area contributed by atoms with Gasteiger partial charge in [0.25, 0.3) is 0 Å². The number of benzene rings is 1. The summed E-state index contributed by atoms with van der Waals surface area (Å²) in [6.45, 7) is 1.86. The molecule has 0 saturated carbocycles. The van der Waals surface area contributed by atoms with Crippen LogP contribution in [0.15, 0.2) is 24.3 Å². The summed E-state index contributed by atoms with van der Waals surface area (Å²) in [5.41, 5.74) is 5.88. The van der Waals surface area contributed by atoms with Crippen molar-refractivity contribution >= 4 is 11.6 Å². The molecule has 1 unspecified atom stereocenters. The molecule has 0 spiro atoms. The summed E-state index contributed by atoms with van der Waals surface area (Å²) >= 11 is 0. The zero-order valence-electron chi connectivity index (χ0n) is 12.2. The highest BCUT2D eigenvalue weighted by Crippen LogP contribution is 2.28. The van der Waals surface area contributed by atoms with E-state index in [0.717, 1.165) is 43.8 Å². The van der Waals surface area contributed by atoms with Gasteiger partial charge >= 0.3 is 0 Å². The number of carbonyl (C=O) groups is 1. The zero-order chi connectivity index (χ0) is 14.6. The van der Waals surface area contributed by atoms with Gasteiger partial charge in [-0.1, -0.05) is 6.07 Å². The van der Waals surface area contributed by atoms with Crippen molar-refractivity contribution in [2.75, 3.05) is 32.6 Å². The van der Waals surface area contributed by atoms with E-state index in [1.807, 2.05) is 24.3 Å².